The molecule has 2 bridgehead atoms. The topological polar surface area (TPSA) is 63.6 Å². The number of Topliss-reactive ketones (excluding diaryl/α,β-unsaturated/α-hetero) is 1. The van der Waals surface area contributed by atoms with Crippen LogP contribution < -0.4 is 0 Å². The molecule has 1 heterocycles. The van der Waals surface area contributed by atoms with Gasteiger partial charge in [0.05, 0.1) is 0 Å². The summed E-state index contributed by atoms with van der Waals surface area (Å²) in [5.74, 6) is -0.325. The molecule has 3 rings (SSSR count). The van der Waals surface area contributed by atoms with Gasteiger partial charge in [-0.2, -0.15) is 0 Å². The van der Waals surface area contributed by atoms with Crippen LogP contribution in [0.15, 0.2) is 34.6 Å². The lowest BCUT2D eigenvalue weighted by Crippen LogP contribution is -2.47. The molecular weight excluding hydrogens is 340 g/mol. The van der Waals surface area contributed by atoms with Crippen LogP contribution in [0.4, 0.5) is 0 Å². The van der Waals surface area contributed by atoms with Gasteiger partial charge in [0.2, 0.25) is 5.78 Å². The molecule has 0 unspecified atom stereocenters. The average molecular weight is 373 g/mol. The first-order chi connectivity index (χ1) is 12.7. The van der Waals surface area contributed by atoms with Crippen LogP contribution in [-0.2, 0) is 14.3 Å². The van der Waals surface area contributed by atoms with Crippen molar-refractivity contribution in [2.75, 3.05) is 0 Å². The number of ketones is 1. The summed E-state index contributed by atoms with van der Waals surface area (Å²) in [6.45, 7) is 10.3. The smallest absolute Gasteiger partial charge is 0.346 e. The van der Waals surface area contributed by atoms with E-state index in [9.17, 15) is 14.7 Å². The van der Waals surface area contributed by atoms with Crippen molar-refractivity contribution in [3.63, 3.8) is 0 Å². The number of carbonyl (C=O) groups is 2. The van der Waals surface area contributed by atoms with Crippen LogP contribution >= 0.6 is 0 Å². The second kappa shape index (κ2) is 7.29. The molecule has 4 heteroatoms. The molecule has 4 nitrogen and oxygen atoms in total. The van der Waals surface area contributed by atoms with E-state index in [2.05, 4.69) is 33.8 Å². The highest BCUT2D eigenvalue weighted by molar-refractivity contribution is 6.26. The molecule has 0 saturated carbocycles. The summed E-state index contributed by atoms with van der Waals surface area (Å²) in [4.78, 5) is 26.1. The van der Waals surface area contributed by atoms with Crippen molar-refractivity contribution in [1.82, 2.24) is 0 Å². The first kappa shape index (κ1) is 19.9. The highest BCUT2D eigenvalue weighted by Crippen LogP contribution is 2.47. The Morgan fingerprint density at radius 3 is 2.52 bits per heavy atom. The van der Waals surface area contributed by atoms with Crippen molar-refractivity contribution in [1.29, 1.82) is 0 Å². The highest BCUT2D eigenvalue weighted by atomic mass is 16.6. The lowest BCUT2D eigenvalue weighted by molar-refractivity contribution is -0.158. The standard InChI is InChI=1S/C23H32O4/c1-13-7-6-8-18-11-15(3)17(5)12-23(18)21(25)19(22(26)27-23)20(24)16(4)10-14(2)9-13/h10-11,13-14,17-18,24H,6-9,12H2,1-5H3/t13-,14-,17+,18+,23+/m1/s1. The van der Waals surface area contributed by atoms with Crippen LogP contribution in [0.5, 0.6) is 0 Å². The Morgan fingerprint density at radius 2 is 1.81 bits per heavy atom. The molecule has 5 atom stereocenters. The zero-order valence-corrected chi connectivity index (χ0v) is 17.2. The van der Waals surface area contributed by atoms with Crippen LogP contribution in [0.2, 0.25) is 0 Å². The summed E-state index contributed by atoms with van der Waals surface area (Å²) in [7, 11) is 0. The zero-order valence-electron chi connectivity index (χ0n) is 17.2. The number of hydrogen-bond acceptors (Lipinski definition) is 4. The van der Waals surface area contributed by atoms with Crippen LogP contribution in [0.1, 0.15) is 66.7 Å². The SMILES string of the molecule is CC1=C[C@H](C)C[C@H](C)CCC[C@H]2C=C(C)[C@@H](C)C[C@]23OC(=O)C(=C1O)C3=O. The molecule has 148 valence electrons. The second-order valence-electron chi connectivity index (χ2n) is 9.05. The van der Waals surface area contributed by atoms with Crippen molar-refractivity contribution in [3.05, 3.63) is 34.6 Å². The van der Waals surface area contributed by atoms with Gasteiger partial charge in [0.15, 0.2) is 5.60 Å². The number of hydrogen-bond donors (Lipinski definition) is 1. The monoisotopic (exact) mass is 372 g/mol. The van der Waals surface area contributed by atoms with Gasteiger partial charge in [-0.15, -0.1) is 0 Å². The van der Waals surface area contributed by atoms with Gasteiger partial charge in [0, 0.05) is 12.3 Å². The Balaban J connectivity index is 2.12. The minimum atomic E-state index is -1.15. The quantitative estimate of drug-likeness (QED) is 0.367. The fraction of sp³-hybridized carbons (Fsp3) is 0.652. The van der Waals surface area contributed by atoms with E-state index in [0.717, 1.165) is 25.7 Å². The Bertz CT molecular complexity index is 741. The van der Waals surface area contributed by atoms with Crippen LogP contribution in [-0.4, -0.2) is 22.5 Å². The molecule has 2 aliphatic carbocycles. The number of ether oxygens (including phenoxy) is 1. The van der Waals surface area contributed by atoms with Crippen molar-refractivity contribution >= 4 is 11.8 Å². The fourth-order valence-electron chi connectivity index (χ4n) is 5.06. The summed E-state index contributed by atoms with van der Waals surface area (Å²) in [6, 6.07) is 0. The number of aliphatic hydroxyl groups is 1. The number of carbonyl (C=O) groups excluding carboxylic acids is 2. The maximum absolute atomic E-state index is 13.4. The molecule has 1 fully saturated rings. The number of rotatable bonds is 0. The molecule has 27 heavy (non-hydrogen) atoms. The Labute approximate surface area is 162 Å². The molecule has 0 aromatic rings. The van der Waals surface area contributed by atoms with Crippen molar-refractivity contribution in [2.24, 2.45) is 23.7 Å². The molecule has 3 aliphatic rings. The Hall–Kier alpha value is -1.84. The third-order valence-corrected chi connectivity index (χ3v) is 6.67. The van der Waals surface area contributed by atoms with Gasteiger partial charge in [-0.05, 0) is 50.0 Å². The summed E-state index contributed by atoms with van der Waals surface area (Å²) in [5.41, 5.74) is 0.521. The Kier molecular flexibility index (Phi) is 5.38. The van der Waals surface area contributed by atoms with Crippen molar-refractivity contribution in [3.8, 4) is 0 Å². The molecule has 1 saturated heterocycles. The van der Waals surface area contributed by atoms with E-state index in [1.54, 1.807) is 6.92 Å². The van der Waals surface area contributed by atoms with Gasteiger partial charge in [-0.1, -0.05) is 51.3 Å². The lowest BCUT2D eigenvalue weighted by Gasteiger charge is -2.39. The van der Waals surface area contributed by atoms with Gasteiger partial charge in [-0.25, -0.2) is 4.79 Å². The van der Waals surface area contributed by atoms with Crippen molar-refractivity contribution in [2.45, 2.75) is 72.3 Å². The number of allylic oxidation sites excluding steroid dienone is 3. The van der Waals surface area contributed by atoms with E-state index < -0.39 is 11.6 Å². The molecule has 0 aromatic heterocycles. The highest BCUT2D eigenvalue weighted by Gasteiger charge is 2.59. The summed E-state index contributed by atoms with van der Waals surface area (Å²) in [5, 5.41) is 10.7. The van der Waals surface area contributed by atoms with E-state index in [0.29, 0.717) is 17.9 Å². The van der Waals surface area contributed by atoms with E-state index in [4.69, 9.17) is 4.74 Å². The van der Waals surface area contributed by atoms with Gasteiger partial charge in [0.1, 0.15) is 11.3 Å². The van der Waals surface area contributed by atoms with E-state index in [1.165, 1.54) is 5.57 Å². The van der Waals surface area contributed by atoms with Crippen LogP contribution in [0.25, 0.3) is 0 Å². The summed E-state index contributed by atoms with van der Waals surface area (Å²) in [6.07, 6.45) is 8.53. The fourth-order valence-corrected chi connectivity index (χ4v) is 5.06. The van der Waals surface area contributed by atoms with Gasteiger partial charge >= 0.3 is 5.97 Å². The maximum atomic E-state index is 13.4. The third kappa shape index (κ3) is 3.51. The zero-order chi connectivity index (χ0) is 19.9. The second-order valence-corrected chi connectivity index (χ2v) is 9.05. The number of aliphatic hydroxyl groups excluding tert-OH is 1. The van der Waals surface area contributed by atoms with E-state index >= 15 is 0 Å². The van der Waals surface area contributed by atoms with Gasteiger partial charge < -0.3 is 9.84 Å². The van der Waals surface area contributed by atoms with Gasteiger partial charge in [0.25, 0.3) is 0 Å². The first-order valence-corrected chi connectivity index (χ1v) is 10.2. The largest absolute Gasteiger partial charge is 0.507 e. The van der Waals surface area contributed by atoms with Crippen LogP contribution in [0, 0.1) is 23.7 Å². The molecule has 1 aliphatic heterocycles. The number of esters is 1. The van der Waals surface area contributed by atoms with Crippen molar-refractivity contribution < 1.29 is 19.4 Å². The Morgan fingerprint density at radius 1 is 1.11 bits per heavy atom. The molecule has 0 radical (unpaired) electrons. The van der Waals surface area contributed by atoms with E-state index in [-0.39, 0.29) is 34.9 Å². The first-order valence-electron chi connectivity index (χ1n) is 10.2. The third-order valence-electron chi connectivity index (χ3n) is 6.67. The lowest BCUT2D eigenvalue weighted by atomic mass is 9.68. The molecular formula is C23H32O4. The minimum absolute atomic E-state index is 0.120. The summed E-state index contributed by atoms with van der Waals surface area (Å²) >= 11 is 0. The van der Waals surface area contributed by atoms with E-state index in [1.807, 2.05) is 6.08 Å². The molecule has 0 amide bonds. The predicted octanol–water partition coefficient (Wildman–Crippen LogP) is 5.06. The number of fused-ring (bicyclic) bond motifs is 1. The normalized spacial score (nSPS) is 38.1. The molecule has 0 aromatic carbocycles. The average Bonchev–Trinajstić information content (AvgIpc) is 2.81. The van der Waals surface area contributed by atoms with Crippen LogP contribution in [0.3, 0.4) is 0 Å². The predicted molar refractivity (Wildman–Crippen MR) is 105 cm³/mol. The molecule has 1 spiro atoms. The van der Waals surface area contributed by atoms with Gasteiger partial charge in [-0.3, -0.25) is 4.79 Å². The minimum Gasteiger partial charge on any atom is -0.507 e. The molecule has 1 N–H and O–H groups in total. The summed E-state index contributed by atoms with van der Waals surface area (Å²) < 4.78 is 5.79. The maximum Gasteiger partial charge on any atom is 0.346 e.